The van der Waals surface area contributed by atoms with Crippen molar-refractivity contribution in [2.45, 2.75) is 45.8 Å². The number of rotatable bonds is 4. The monoisotopic (exact) mass is 214 g/mol. The Kier molecular flexibility index (Phi) is 6.01. The molecule has 0 radical (unpaired) electrons. The van der Waals surface area contributed by atoms with Crippen molar-refractivity contribution in [3.8, 4) is 0 Å². The largest absolute Gasteiger partial charge is 0.444 e. The van der Waals surface area contributed by atoms with E-state index in [1.54, 1.807) is 0 Å². The van der Waals surface area contributed by atoms with Gasteiger partial charge in [-0.05, 0) is 27.2 Å². The zero-order chi connectivity index (χ0) is 11.9. The molecule has 0 heterocycles. The predicted molar refractivity (Wildman–Crippen MR) is 61.6 cm³/mol. The van der Waals surface area contributed by atoms with Crippen molar-refractivity contribution in [1.82, 2.24) is 5.32 Å². The Bertz CT molecular complexity index is 219. The van der Waals surface area contributed by atoms with Crippen molar-refractivity contribution >= 4 is 6.09 Å². The van der Waals surface area contributed by atoms with Crippen LogP contribution in [0, 0.1) is 0 Å². The number of amides is 1. The molecule has 0 aliphatic heterocycles. The van der Waals surface area contributed by atoms with Crippen LogP contribution < -0.4 is 11.1 Å². The maximum atomic E-state index is 11.2. The zero-order valence-corrected chi connectivity index (χ0v) is 10.0. The number of alkyl carbamates (subject to hydrolysis) is 1. The SMILES string of the molecule is CC/C=C/C(N)CNC(=O)OC(C)(C)C. The van der Waals surface area contributed by atoms with Gasteiger partial charge >= 0.3 is 6.09 Å². The van der Waals surface area contributed by atoms with Crippen molar-refractivity contribution in [3.05, 3.63) is 12.2 Å². The molecule has 0 aliphatic rings. The van der Waals surface area contributed by atoms with E-state index < -0.39 is 11.7 Å². The fourth-order valence-electron chi connectivity index (χ4n) is 0.894. The second kappa shape index (κ2) is 6.45. The Hall–Kier alpha value is -1.03. The molecule has 0 bridgehead atoms. The number of carbonyl (C=O) groups is 1. The number of nitrogens with one attached hydrogen (secondary N) is 1. The highest BCUT2D eigenvalue weighted by Gasteiger charge is 2.15. The van der Waals surface area contributed by atoms with E-state index in [-0.39, 0.29) is 6.04 Å². The van der Waals surface area contributed by atoms with Crippen LogP contribution in [0.3, 0.4) is 0 Å². The summed E-state index contributed by atoms with van der Waals surface area (Å²) in [5.41, 5.74) is 5.25. The van der Waals surface area contributed by atoms with Gasteiger partial charge in [0.2, 0.25) is 0 Å². The Labute approximate surface area is 91.9 Å². The quantitative estimate of drug-likeness (QED) is 0.701. The van der Waals surface area contributed by atoms with E-state index in [2.05, 4.69) is 5.32 Å². The van der Waals surface area contributed by atoms with Gasteiger partial charge in [0.05, 0.1) is 0 Å². The maximum absolute atomic E-state index is 11.2. The van der Waals surface area contributed by atoms with E-state index in [1.165, 1.54) is 0 Å². The summed E-state index contributed by atoms with van der Waals surface area (Å²) in [5, 5.41) is 2.61. The van der Waals surface area contributed by atoms with Crippen LogP contribution in [0.5, 0.6) is 0 Å². The van der Waals surface area contributed by atoms with Crippen molar-refractivity contribution < 1.29 is 9.53 Å². The van der Waals surface area contributed by atoms with Crippen molar-refractivity contribution in [3.63, 3.8) is 0 Å². The molecule has 3 N–H and O–H groups in total. The lowest BCUT2D eigenvalue weighted by molar-refractivity contribution is 0.0526. The Morgan fingerprint density at radius 2 is 2.13 bits per heavy atom. The topological polar surface area (TPSA) is 64.3 Å². The van der Waals surface area contributed by atoms with Gasteiger partial charge < -0.3 is 15.8 Å². The Morgan fingerprint density at radius 1 is 1.53 bits per heavy atom. The first kappa shape index (κ1) is 14.0. The molecule has 4 nitrogen and oxygen atoms in total. The molecule has 0 saturated carbocycles. The lowest BCUT2D eigenvalue weighted by atomic mass is 10.2. The van der Waals surface area contributed by atoms with E-state index in [4.69, 9.17) is 10.5 Å². The van der Waals surface area contributed by atoms with Gasteiger partial charge in [0.1, 0.15) is 5.60 Å². The van der Waals surface area contributed by atoms with E-state index in [0.29, 0.717) is 6.54 Å². The van der Waals surface area contributed by atoms with Gasteiger partial charge in [-0.2, -0.15) is 0 Å². The predicted octanol–water partition coefficient (Wildman–Crippen LogP) is 1.80. The van der Waals surface area contributed by atoms with Gasteiger partial charge in [-0.3, -0.25) is 0 Å². The summed E-state index contributed by atoms with van der Waals surface area (Å²) in [7, 11) is 0. The van der Waals surface area contributed by atoms with Crippen LogP contribution in [0.4, 0.5) is 4.79 Å². The van der Waals surface area contributed by atoms with Gasteiger partial charge in [-0.15, -0.1) is 0 Å². The minimum Gasteiger partial charge on any atom is -0.444 e. The molecule has 0 aromatic heterocycles. The molecule has 0 spiro atoms. The first-order valence-corrected chi connectivity index (χ1v) is 5.24. The third-order valence-electron chi connectivity index (χ3n) is 1.50. The van der Waals surface area contributed by atoms with Gasteiger partial charge in [0, 0.05) is 12.6 Å². The number of hydrogen-bond acceptors (Lipinski definition) is 3. The van der Waals surface area contributed by atoms with E-state index in [0.717, 1.165) is 6.42 Å². The van der Waals surface area contributed by atoms with E-state index in [9.17, 15) is 4.79 Å². The molecule has 1 amide bonds. The highest BCUT2D eigenvalue weighted by atomic mass is 16.6. The normalized spacial score (nSPS) is 13.9. The molecule has 4 heteroatoms. The Balaban J connectivity index is 3.76. The second-order valence-corrected chi connectivity index (χ2v) is 4.38. The molecule has 0 aromatic rings. The summed E-state index contributed by atoms with van der Waals surface area (Å²) in [6.45, 7) is 7.90. The number of carbonyl (C=O) groups excluding carboxylic acids is 1. The molecule has 0 fully saturated rings. The molecule has 1 atom stereocenters. The maximum Gasteiger partial charge on any atom is 0.407 e. The standard InChI is InChI=1S/C11H22N2O2/c1-5-6-7-9(12)8-13-10(14)15-11(2,3)4/h6-7,9H,5,8,12H2,1-4H3,(H,13,14)/b7-6+. The average Bonchev–Trinajstić information content (AvgIpc) is 2.08. The summed E-state index contributed by atoms with van der Waals surface area (Å²) in [5.74, 6) is 0. The molecule has 1 unspecified atom stereocenters. The Morgan fingerprint density at radius 3 is 2.60 bits per heavy atom. The summed E-state index contributed by atoms with van der Waals surface area (Å²) in [4.78, 5) is 11.2. The zero-order valence-electron chi connectivity index (χ0n) is 10.0. The second-order valence-electron chi connectivity index (χ2n) is 4.38. The van der Waals surface area contributed by atoms with Crippen LogP contribution in [-0.2, 0) is 4.74 Å². The van der Waals surface area contributed by atoms with Crippen LogP contribution >= 0.6 is 0 Å². The minimum atomic E-state index is -0.465. The molecule has 88 valence electrons. The van der Waals surface area contributed by atoms with Gasteiger partial charge in [-0.1, -0.05) is 19.1 Å². The highest BCUT2D eigenvalue weighted by Crippen LogP contribution is 2.06. The van der Waals surface area contributed by atoms with E-state index >= 15 is 0 Å². The van der Waals surface area contributed by atoms with Gasteiger partial charge in [0.25, 0.3) is 0 Å². The first-order valence-electron chi connectivity index (χ1n) is 5.24. The summed E-state index contributed by atoms with van der Waals surface area (Å²) < 4.78 is 5.06. The van der Waals surface area contributed by atoms with Crippen molar-refractivity contribution in [2.75, 3.05) is 6.54 Å². The number of ether oxygens (including phenoxy) is 1. The highest BCUT2D eigenvalue weighted by molar-refractivity contribution is 5.67. The van der Waals surface area contributed by atoms with Gasteiger partial charge in [0.15, 0.2) is 0 Å². The minimum absolute atomic E-state index is 0.155. The van der Waals surface area contributed by atoms with Crippen LogP contribution in [0.15, 0.2) is 12.2 Å². The smallest absolute Gasteiger partial charge is 0.407 e. The fraction of sp³-hybridized carbons (Fsp3) is 0.727. The summed E-state index contributed by atoms with van der Waals surface area (Å²) >= 11 is 0. The first-order chi connectivity index (χ1) is 6.85. The molecule has 0 aromatic carbocycles. The van der Waals surface area contributed by atoms with Crippen LogP contribution in [0.25, 0.3) is 0 Å². The molecular formula is C11H22N2O2. The molecule has 0 rings (SSSR count). The van der Waals surface area contributed by atoms with Crippen molar-refractivity contribution in [2.24, 2.45) is 5.73 Å². The summed E-state index contributed by atoms with van der Waals surface area (Å²) in [6.07, 6.45) is 4.36. The molecular weight excluding hydrogens is 192 g/mol. The lowest BCUT2D eigenvalue weighted by Gasteiger charge is -2.20. The van der Waals surface area contributed by atoms with Crippen LogP contribution in [-0.4, -0.2) is 24.3 Å². The third-order valence-corrected chi connectivity index (χ3v) is 1.50. The number of nitrogens with two attached hydrogens (primary N) is 1. The third kappa shape index (κ3) is 9.28. The van der Waals surface area contributed by atoms with Crippen LogP contribution in [0.2, 0.25) is 0 Å². The molecule has 0 saturated heterocycles. The average molecular weight is 214 g/mol. The summed E-state index contributed by atoms with van der Waals surface area (Å²) in [6, 6.07) is -0.155. The van der Waals surface area contributed by atoms with Crippen LogP contribution in [0.1, 0.15) is 34.1 Å². The van der Waals surface area contributed by atoms with Gasteiger partial charge in [-0.25, -0.2) is 4.79 Å². The lowest BCUT2D eigenvalue weighted by Crippen LogP contribution is -2.39. The number of allylic oxidation sites excluding steroid dienone is 1. The molecule has 0 aliphatic carbocycles. The molecule has 15 heavy (non-hydrogen) atoms. The van der Waals surface area contributed by atoms with E-state index in [1.807, 2.05) is 39.8 Å². The number of hydrogen-bond donors (Lipinski definition) is 2. The fourth-order valence-corrected chi connectivity index (χ4v) is 0.894. The van der Waals surface area contributed by atoms with Crippen molar-refractivity contribution in [1.29, 1.82) is 0 Å².